The normalized spacial score (nSPS) is 37.4. The zero-order valence-corrected chi connectivity index (χ0v) is 16.9. The summed E-state index contributed by atoms with van der Waals surface area (Å²) in [4.78, 5) is 8.05. The topological polar surface area (TPSA) is 39.4 Å². The summed E-state index contributed by atoms with van der Waals surface area (Å²) in [5, 5.41) is 9.24. The van der Waals surface area contributed by atoms with E-state index in [1.165, 1.54) is 43.5 Å². The number of nitrogens with zero attached hydrogens (tertiary/aromatic N) is 3. The lowest BCUT2D eigenvalue weighted by atomic mass is 9.51. The molecule has 1 aromatic carbocycles. The molecule has 3 nitrogen and oxygen atoms in total. The monoisotopic (exact) mass is 361 g/mol. The van der Waals surface area contributed by atoms with Gasteiger partial charge < -0.3 is 4.90 Å². The number of hydrogen-bond acceptors (Lipinski definition) is 2. The molecule has 1 spiro atoms. The molecule has 5 rings (SSSR count). The molecule has 142 valence electrons. The van der Waals surface area contributed by atoms with Gasteiger partial charge in [-0.25, -0.2) is 4.99 Å². The highest BCUT2D eigenvalue weighted by Crippen LogP contribution is 2.70. The Morgan fingerprint density at radius 1 is 1.26 bits per heavy atom. The number of benzene rings is 1. The van der Waals surface area contributed by atoms with Gasteiger partial charge in [-0.1, -0.05) is 20.8 Å². The lowest BCUT2D eigenvalue weighted by Crippen LogP contribution is -2.67. The maximum atomic E-state index is 9.24. The SMILES string of the molecule is CCc1cc(C#N)ccc1N=C1C2CC3CC4CC(N1CC(C)C)C4(C3)C2. The molecule has 27 heavy (non-hydrogen) atoms. The summed E-state index contributed by atoms with van der Waals surface area (Å²) in [6.45, 7) is 7.98. The average molecular weight is 362 g/mol. The largest absolute Gasteiger partial charge is 0.356 e. The van der Waals surface area contributed by atoms with Gasteiger partial charge in [-0.05, 0) is 85.5 Å². The van der Waals surface area contributed by atoms with Gasteiger partial charge in [0.2, 0.25) is 0 Å². The van der Waals surface area contributed by atoms with E-state index in [0.29, 0.717) is 17.3 Å². The fourth-order valence-corrected chi connectivity index (χ4v) is 6.99. The van der Waals surface area contributed by atoms with Crippen molar-refractivity contribution >= 4 is 11.5 Å². The molecule has 5 unspecified atom stereocenters. The van der Waals surface area contributed by atoms with Gasteiger partial charge in [0.1, 0.15) is 5.84 Å². The van der Waals surface area contributed by atoms with Gasteiger partial charge in [0.15, 0.2) is 0 Å². The highest BCUT2D eigenvalue weighted by Gasteiger charge is 2.67. The third-order valence-corrected chi connectivity index (χ3v) is 7.94. The summed E-state index contributed by atoms with van der Waals surface area (Å²) in [5.41, 5.74) is 3.66. The van der Waals surface area contributed by atoms with Gasteiger partial charge in [0.05, 0.1) is 17.3 Å². The first-order valence-corrected chi connectivity index (χ1v) is 10.9. The fraction of sp³-hybridized carbons (Fsp3) is 0.667. The Morgan fingerprint density at radius 2 is 2.11 bits per heavy atom. The first-order valence-electron chi connectivity index (χ1n) is 10.9. The third kappa shape index (κ3) is 2.49. The molecular formula is C24H31N3. The second-order valence-corrected chi connectivity index (χ2v) is 9.95. The summed E-state index contributed by atoms with van der Waals surface area (Å²) in [7, 11) is 0. The van der Waals surface area contributed by atoms with E-state index in [1.807, 2.05) is 12.1 Å². The maximum Gasteiger partial charge on any atom is 0.108 e. The molecule has 3 heteroatoms. The molecule has 0 radical (unpaired) electrons. The van der Waals surface area contributed by atoms with Crippen molar-refractivity contribution in [1.29, 1.82) is 5.26 Å². The van der Waals surface area contributed by atoms with Crippen molar-refractivity contribution in [2.24, 2.45) is 34.1 Å². The Hall–Kier alpha value is -1.82. The smallest absolute Gasteiger partial charge is 0.108 e. The van der Waals surface area contributed by atoms with Crippen molar-refractivity contribution in [3.63, 3.8) is 0 Å². The van der Waals surface area contributed by atoms with Crippen LogP contribution in [0, 0.1) is 40.4 Å². The van der Waals surface area contributed by atoms with Gasteiger partial charge in [-0.2, -0.15) is 5.26 Å². The molecule has 1 aliphatic heterocycles. The number of piperidine rings is 1. The van der Waals surface area contributed by atoms with Crippen molar-refractivity contribution < 1.29 is 0 Å². The average Bonchev–Trinajstić information content (AvgIpc) is 2.87. The van der Waals surface area contributed by atoms with Gasteiger partial charge in [0.25, 0.3) is 0 Å². The molecule has 3 aliphatic carbocycles. The first kappa shape index (κ1) is 17.3. The standard InChI is InChI=1S/C24H31N3/c1-4-18-7-16(13-25)5-6-21(18)26-23-19-8-17-9-20-10-22(24(20,11-17)12-19)27(23)14-15(2)3/h5-7,15,17,19-20,22H,4,8-12,14H2,1-3H3. The van der Waals surface area contributed by atoms with E-state index in [9.17, 15) is 5.26 Å². The van der Waals surface area contributed by atoms with Crippen molar-refractivity contribution in [2.45, 2.75) is 65.3 Å². The van der Waals surface area contributed by atoms with E-state index in [0.717, 1.165) is 42.1 Å². The Labute approximate surface area is 163 Å². The molecular weight excluding hydrogens is 330 g/mol. The van der Waals surface area contributed by atoms with Crippen LogP contribution in [-0.2, 0) is 6.42 Å². The molecule has 5 atom stereocenters. The zero-order chi connectivity index (χ0) is 18.8. The molecule has 0 N–H and O–H groups in total. The fourth-order valence-electron chi connectivity index (χ4n) is 6.99. The zero-order valence-electron chi connectivity index (χ0n) is 16.9. The summed E-state index contributed by atoms with van der Waals surface area (Å²) in [6.07, 6.45) is 8.00. The minimum absolute atomic E-state index is 0.625. The Balaban J connectivity index is 1.57. The van der Waals surface area contributed by atoms with Crippen LogP contribution in [0.3, 0.4) is 0 Å². The van der Waals surface area contributed by atoms with Crippen LogP contribution in [0.15, 0.2) is 23.2 Å². The number of nitriles is 1. The highest BCUT2D eigenvalue weighted by atomic mass is 15.3. The molecule has 0 amide bonds. The molecule has 1 heterocycles. The van der Waals surface area contributed by atoms with Crippen LogP contribution in [0.1, 0.15) is 64.0 Å². The van der Waals surface area contributed by atoms with Crippen LogP contribution in [0.2, 0.25) is 0 Å². The lowest BCUT2D eigenvalue weighted by molar-refractivity contribution is -0.0844. The van der Waals surface area contributed by atoms with Crippen LogP contribution in [0.5, 0.6) is 0 Å². The Bertz CT molecular complexity index is 833. The van der Waals surface area contributed by atoms with Crippen LogP contribution in [-0.4, -0.2) is 23.3 Å². The number of rotatable bonds is 4. The second kappa shape index (κ2) is 6.09. The predicted octanol–water partition coefficient (Wildman–Crippen LogP) is 5.32. The van der Waals surface area contributed by atoms with Crippen molar-refractivity contribution in [2.75, 3.05) is 6.54 Å². The Morgan fingerprint density at radius 3 is 2.85 bits per heavy atom. The summed E-state index contributed by atoms with van der Waals surface area (Å²) in [6, 6.07) is 9.04. The van der Waals surface area contributed by atoms with E-state index in [1.54, 1.807) is 0 Å². The first-order chi connectivity index (χ1) is 13.0. The predicted molar refractivity (Wildman–Crippen MR) is 109 cm³/mol. The third-order valence-electron chi connectivity index (χ3n) is 7.94. The molecule has 3 saturated carbocycles. The minimum atomic E-state index is 0.625. The number of aryl methyl sites for hydroxylation is 1. The van der Waals surface area contributed by atoms with E-state index < -0.39 is 0 Å². The Kier molecular flexibility index (Phi) is 3.90. The van der Waals surface area contributed by atoms with Crippen molar-refractivity contribution in [3.8, 4) is 6.07 Å². The quantitative estimate of drug-likeness (QED) is 0.728. The summed E-state index contributed by atoms with van der Waals surface area (Å²) >= 11 is 0. The molecule has 4 fully saturated rings. The van der Waals surface area contributed by atoms with E-state index in [4.69, 9.17) is 4.99 Å². The second-order valence-electron chi connectivity index (χ2n) is 9.95. The molecule has 3 bridgehead atoms. The highest BCUT2D eigenvalue weighted by molar-refractivity contribution is 5.89. The number of hydrogen-bond donors (Lipinski definition) is 0. The van der Waals surface area contributed by atoms with Crippen LogP contribution in [0.25, 0.3) is 0 Å². The summed E-state index contributed by atoms with van der Waals surface area (Å²) in [5.74, 6) is 4.61. The van der Waals surface area contributed by atoms with E-state index >= 15 is 0 Å². The number of likely N-dealkylation sites (tertiary alicyclic amines) is 1. The molecule has 0 aromatic heterocycles. The van der Waals surface area contributed by atoms with E-state index in [2.05, 4.69) is 37.8 Å². The number of amidine groups is 1. The van der Waals surface area contributed by atoms with Crippen LogP contribution >= 0.6 is 0 Å². The van der Waals surface area contributed by atoms with Crippen molar-refractivity contribution in [1.82, 2.24) is 4.90 Å². The van der Waals surface area contributed by atoms with Crippen LogP contribution < -0.4 is 0 Å². The van der Waals surface area contributed by atoms with Gasteiger partial charge in [-0.3, -0.25) is 0 Å². The van der Waals surface area contributed by atoms with E-state index in [-0.39, 0.29) is 0 Å². The number of fused-ring (bicyclic) bond motifs is 2. The lowest BCUT2D eigenvalue weighted by Gasteiger charge is -2.64. The van der Waals surface area contributed by atoms with Gasteiger partial charge in [-0.15, -0.1) is 0 Å². The van der Waals surface area contributed by atoms with Gasteiger partial charge in [0, 0.05) is 18.5 Å². The molecule has 4 aliphatic rings. The summed E-state index contributed by atoms with van der Waals surface area (Å²) < 4.78 is 0. The number of aliphatic imine (C=N–C) groups is 1. The van der Waals surface area contributed by atoms with Crippen molar-refractivity contribution in [3.05, 3.63) is 29.3 Å². The minimum Gasteiger partial charge on any atom is -0.356 e. The molecule has 1 aromatic rings. The molecule has 1 saturated heterocycles. The van der Waals surface area contributed by atoms with Gasteiger partial charge >= 0.3 is 0 Å². The maximum absolute atomic E-state index is 9.24. The van der Waals surface area contributed by atoms with Crippen LogP contribution in [0.4, 0.5) is 5.69 Å².